The first kappa shape index (κ1) is 22.3. The minimum Gasteiger partial charge on any atom is -0.466 e. The second-order valence-corrected chi connectivity index (χ2v) is 8.03. The van der Waals surface area contributed by atoms with E-state index in [-0.39, 0.29) is 18.4 Å². The fourth-order valence-electron chi connectivity index (χ4n) is 4.13. The number of fused-ring (bicyclic) bond motifs is 1. The monoisotopic (exact) mass is 418 g/mol. The number of carbonyl (C=O) groups excluding carboxylic acids is 2. The molecule has 8 heteroatoms. The molecule has 0 atom stereocenters. The molecule has 8 nitrogen and oxygen atoms in total. The fourth-order valence-corrected chi connectivity index (χ4v) is 4.13. The van der Waals surface area contributed by atoms with E-state index in [0.29, 0.717) is 39.1 Å². The van der Waals surface area contributed by atoms with Crippen molar-refractivity contribution in [1.29, 1.82) is 0 Å². The summed E-state index contributed by atoms with van der Waals surface area (Å²) in [5, 5.41) is 6.36. The van der Waals surface area contributed by atoms with E-state index in [0.717, 1.165) is 43.7 Å². The lowest BCUT2D eigenvalue weighted by Gasteiger charge is -2.40. The van der Waals surface area contributed by atoms with Gasteiger partial charge in [-0.15, -0.1) is 0 Å². The molecule has 2 amide bonds. The van der Waals surface area contributed by atoms with Gasteiger partial charge >= 0.3 is 12.0 Å². The Bertz CT molecular complexity index is 732. The predicted molar refractivity (Wildman–Crippen MR) is 115 cm³/mol. The van der Waals surface area contributed by atoms with Gasteiger partial charge in [0, 0.05) is 39.0 Å². The van der Waals surface area contributed by atoms with E-state index < -0.39 is 5.60 Å². The molecule has 2 aliphatic rings. The fraction of sp³-hybridized carbons (Fsp3) is 0.682. The van der Waals surface area contributed by atoms with Crippen LogP contribution in [0.2, 0.25) is 0 Å². The molecule has 3 rings (SSSR count). The Labute approximate surface area is 178 Å². The lowest BCUT2D eigenvalue weighted by atomic mass is 9.88. The summed E-state index contributed by atoms with van der Waals surface area (Å²) in [7, 11) is 1.62. The number of rotatable bonds is 8. The van der Waals surface area contributed by atoms with Crippen LogP contribution in [0.25, 0.3) is 0 Å². The van der Waals surface area contributed by atoms with Crippen molar-refractivity contribution in [2.75, 3.05) is 45.2 Å². The summed E-state index contributed by atoms with van der Waals surface area (Å²) in [5.74, 6) is 0.767. The SMILES string of the molecule is CCOC(=O)CC1(OC)CCN(C(=O)NCCCc2ccc3c(n2)NCCC3)CC1. The van der Waals surface area contributed by atoms with Crippen LogP contribution >= 0.6 is 0 Å². The van der Waals surface area contributed by atoms with Crippen LogP contribution < -0.4 is 10.6 Å². The maximum atomic E-state index is 12.5. The Kier molecular flexibility index (Phi) is 7.90. The first-order valence-corrected chi connectivity index (χ1v) is 11.0. The molecule has 2 N–H and O–H groups in total. The summed E-state index contributed by atoms with van der Waals surface area (Å²) < 4.78 is 10.7. The van der Waals surface area contributed by atoms with E-state index in [1.54, 1.807) is 18.9 Å². The van der Waals surface area contributed by atoms with Crippen molar-refractivity contribution in [3.8, 4) is 0 Å². The molecular weight excluding hydrogens is 384 g/mol. The summed E-state index contributed by atoms with van der Waals surface area (Å²) in [6.07, 6.45) is 5.41. The Balaban J connectivity index is 1.38. The number of urea groups is 1. The first-order chi connectivity index (χ1) is 14.5. The maximum absolute atomic E-state index is 12.5. The van der Waals surface area contributed by atoms with Crippen molar-refractivity contribution < 1.29 is 19.1 Å². The van der Waals surface area contributed by atoms with Crippen molar-refractivity contribution in [3.05, 3.63) is 23.4 Å². The first-order valence-electron chi connectivity index (χ1n) is 11.0. The number of nitrogens with zero attached hydrogens (tertiary/aromatic N) is 2. The van der Waals surface area contributed by atoms with Crippen LogP contribution in [-0.4, -0.2) is 67.4 Å². The number of amides is 2. The number of hydrogen-bond donors (Lipinski definition) is 2. The molecule has 30 heavy (non-hydrogen) atoms. The number of ether oxygens (including phenoxy) is 2. The van der Waals surface area contributed by atoms with Crippen LogP contribution in [0, 0.1) is 0 Å². The summed E-state index contributed by atoms with van der Waals surface area (Å²) in [6.45, 7) is 4.89. The van der Waals surface area contributed by atoms with E-state index in [2.05, 4.69) is 22.8 Å². The Morgan fingerprint density at radius 2 is 2.10 bits per heavy atom. The number of hydrogen-bond acceptors (Lipinski definition) is 6. The van der Waals surface area contributed by atoms with Gasteiger partial charge in [-0.1, -0.05) is 6.07 Å². The highest BCUT2D eigenvalue weighted by Gasteiger charge is 2.38. The third kappa shape index (κ3) is 5.84. The van der Waals surface area contributed by atoms with Crippen LogP contribution in [0.4, 0.5) is 10.6 Å². The number of anilines is 1. The topological polar surface area (TPSA) is 92.8 Å². The van der Waals surface area contributed by atoms with Gasteiger partial charge in [0.1, 0.15) is 5.82 Å². The minimum atomic E-state index is -0.533. The van der Waals surface area contributed by atoms with Crippen molar-refractivity contribution in [1.82, 2.24) is 15.2 Å². The zero-order valence-corrected chi connectivity index (χ0v) is 18.2. The number of aromatic nitrogens is 1. The second kappa shape index (κ2) is 10.6. The summed E-state index contributed by atoms with van der Waals surface area (Å²) in [4.78, 5) is 30.8. The molecule has 1 aromatic heterocycles. The van der Waals surface area contributed by atoms with Gasteiger partial charge in [0.05, 0.1) is 18.6 Å². The molecule has 1 aromatic rings. The molecule has 0 aliphatic carbocycles. The normalized spacial score (nSPS) is 17.6. The van der Waals surface area contributed by atoms with Crippen LogP contribution in [0.5, 0.6) is 0 Å². The van der Waals surface area contributed by atoms with E-state index in [1.165, 1.54) is 5.56 Å². The number of likely N-dealkylation sites (tertiary alicyclic amines) is 1. The molecule has 2 aliphatic heterocycles. The summed E-state index contributed by atoms with van der Waals surface area (Å²) >= 11 is 0. The van der Waals surface area contributed by atoms with Crippen LogP contribution in [0.15, 0.2) is 12.1 Å². The van der Waals surface area contributed by atoms with E-state index >= 15 is 0 Å². The van der Waals surface area contributed by atoms with Crippen molar-refractivity contribution in [2.45, 2.75) is 57.5 Å². The number of carbonyl (C=O) groups is 2. The molecular formula is C22H34N4O4. The van der Waals surface area contributed by atoms with Crippen molar-refractivity contribution in [3.63, 3.8) is 0 Å². The van der Waals surface area contributed by atoms with Gasteiger partial charge in [-0.3, -0.25) is 4.79 Å². The average molecular weight is 419 g/mol. The zero-order chi connectivity index (χ0) is 21.4. The van der Waals surface area contributed by atoms with Gasteiger partial charge in [0.15, 0.2) is 0 Å². The lowest BCUT2D eigenvalue weighted by molar-refractivity contribution is -0.152. The van der Waals surface area contributed by atoms with Gasteiger partial charge < -0.3 is 25.0 Å². The van der Waals surface area contributed by atoms with Crippen molar-refractivity contribution >= 4 is 17.8 Å². The zero-order valence-electron chi connectivity index (χ0n) is 18.2. The molecule has 1 fully saturated rings. The summed E-state index contributed by atoms with van der Waals surface area (Å²) in [6, 6.07) is 4.19. The second-order valence-electron chi connectivity index (χ2n) is 8.03. The van der Waals surface area contributed by atoms with Gasteiger partial charge in [-0.2, -0.15) is 0 Å². The Morgan fingerprint density at radius 3 is 2.83 bits per heavy atom. The van der Waals surface area contributed by atoms with E-state index in [9.17, 15) is 9.59 Å². The predicted octanol–water partition coefficient (Wildman–Crippen LogP) is 2.52. The average Bonchev–Trinajstić information content (AvgIpc) is 2.77. The number of esters is 1. The Morgan fingerprint density at radius 1 is 1.30 bits per heavy atom. The minimum absolute atomic E-state index is 0.0593. The van der Waals surface area contributed by atoms with Gasteiger partial charge in [0.25, 0.3) is 0 Å². The highest BCUT2D eigenvalue weighted by molar-refractivity contribution is 5.74. The third-order valence-corrected chi connectivity index (χ3v) is 6.00. The molecule has 0 saturated carbocycles. The molecule has 0 bridgehead atoms. The van der Waals surface area contributed by atoms with Crippen LogP contribution in [0.1, 0.15) is 50.3 Å². The van der Waals surface area contributed by atoms with Crippen LogP contribution in [-0.2, 0) is 27.1 Å². The molecule has 0 spiro atoms. The molecule has 0 radical (unpaired) electrons. The highest BCUT2D eigenvalue weighted by Crippen LogP contribution is 2.29. The van der Waals surface area contributed by atoms with Gasteiger partial charge in [-0.05, 0) is 57.1 Å². The summed E-state index contributed by atoms with van der Waals surface area (Å²) in [5.41, 5.74) is 1.81. The number of nitrogens with one attached hydrogen (secondary N) is 2. The van der Waals surface area contributed by atoms with Crippen molar-refractivity contribution in [2.24, 2.45) is 0 Å². The number of piperidine rings is 1. The van der Waals surface area contributed by atoms with Crippen LogP contribution in [0.3, 0.4) is 0 Å². The van der Waals surface area contributed by atoms with E-state index in [4.69, 9.17) is 14.5 Å². The smallest absolute Gasteiger partial charge is 0.317 e. The number of methoxy groups -OCH3 is 1. The molecule has 0 aromatic carbocycles. The maximum Gasteiger partial charge on any atom is 0.317 e. The lowest BCUT2D eigenvalue weighted by Crippen LogP contribution is -2.51. The van der Waals surface area contributed by atoms with Gasteiger partial charge in [-0.25, -0.2) is 9.78 Å². The number of aryl methyl sites for hydroxylation is 2. The standard InChI is InChI=1S/C22H34N4O4/c1-3-30-19(27)16-22(29-2)10-14-26(15-11-22)21(28)24-13-5-7-18-9-8-17-6-4-12-23-20(17)25-18/h8-9H,3-7,10-16H2,1-2H3,(H,23,25)(H,24,28). The van der Waals surface area contributed by atoms with E-state index in [1.807, 2.05) is 0 Å². The number of pyridine rings is 1. The molecule has 1 saturated heterocycles. The molecule has 0 unspecified atom stereocenters. The highest BCUT2D eigenvalue weighted by atomic mass is 16.5. The molecule has 3 heterocycles. The van der Waals surface area contributed by atoms with Gasteiger partial charge in [0.2, 0.25) is 0 Å². The quantitative estimate of drug-likeness (QED) is 0.498. The Hall–Kier alpha value is -2.35. The molecule has 166 valence electrons. The third-order valence-electron chi connectivity index (χ3n) is 6.00. The largest absolute Gasteiger partial charge is 0.466 e.